The number of alkyl carbamates (subject to hydrolysis) is 1. The molecule has 0 saturated carbocycles. The molecule has 84 valence electrons. The fourth-order valence-electron chi connectivity index (χ4n) is 0.935. The van der Waals surface area contributed by atoms with Crippen LogP contribution in [0.15, 0.2) is 12.1 Å². The van der Waals surface area contributed by atoms with Gasteiger partial charge in [0, 0.05) is 4.88 Å². The lowest BCUT2D eigenvalue weighted by Gasteiger charge is -2.19. The van der Waals surface area contributed by atoms with Gasteiger partial charge in [0.25, 0.3) is 0 Å². The van der Waals surface area contributed by atoms with Crippen molar-refractivity contribution in [3.05, 3.63) is 17.0 Å². The van der Waals surface area contributed by atoms with E-state index in [1.807, 2.05) is 20.8 Å². The quantitative estimate of drug-likeness (QED) is 0.819. The van der Waals surface area contributed by atoms with Crippen LogP contribution in [-0.2, 0) is 11.3 Å². The van der Waals surface area contributed by atoms with Crippen molar-refractivity contribution in [2.24, 2.45) is 0 Å². The van der Waals surface area contributed by atoms with E-state index < -0.39 is 11.7 Å². The summed E-state index contributed by atoms with van der Waals surface area (Å²) < 4.78 is 5.06. The predicted molar refractivity (Wildman–Crippen MR) is 59.1 cm³/mol. The summed E-state index contributed by atoms with van der Waals surface area (Å²) in [6.07, 6.45) is -0.449. The second-order valence-electron chi connectivity index (χ2n) is 4.10. The van der Waals surface area contributed by atoms with Gasteiger partial charge in [-0.3, -0.25) is 0 Å². The smallest absolute Gasteiger partial charge is 0.407 e. The molecule has 5 heteroatoms. The Kier molecular flexibility index (Phi) is 3.57. The molecule has 0 unspecified atom stereocenters. The van der Waals surface area contributed by atoms with E-state index >= 15 is 0 Å². The number of ether oxygens (including phenoxy) is 1. The van der Waals surface area contributed by atoms with Crippen LogP contribution in [0, 0.1) is 0 Å². The summed E-state index contributed by atoms with van der Waals surface area (Å²) in [6, 6.07) is 3.36. The fourth-order valence-corrected chi connectivity index (χ4v) is 1.62. The van der Waals surface area contributed by atoms with Crippen molar-refractivity contribution in [3.63, 3.8) is 0 Å². The van der Waals surface area contributed by atoms with Gasteiger partial charge in [-0.2, -0.15) is 0 Å². The molecule has 0 aliphatic carbocycles. The number of amides is 1. The van der Waals surface area contributed by atoms with Gasteiger partial charge in [0.15, 0.2) is 5.06 Å². The Morgan fingerprint density at radius 3 is 2.67 bits per heavy atom. The van der Waals surface area contributed by atoms with Crippen LogP contribution in [0.1, 0.15) is 25.6 Å². The number of thiophene rings is 1. The van der Waals surface area contributed by atoms with Gasteiger partial charge in [-0.25, -0.2) is 4.79 Å². The minimum absolute atomic E-state index is 0.246. The Balaban J connectivity index is 2.35. The number of hydrogen-bond donors (Lipinski definition) is 2. The van der Waals surface area contributed by atoms with Crippen molar-refractivity contribution in [3.8, 4) is 5.06 Å². The molecule has 15 heavy (non-hydrogen) atoms. The lowest BCUT2D eigenvalue weighted by Crippen LogP contribution is -2.31. The Morgan fingerprint density at radius 2 is 2.20 bits per heavy atom. The van der Waals surface area contributed by atoms with Crippen LogP contribution >= 0.6 is 11.3 Å². The molecule has 0 bridgehead atoms. The van der Waals surface area contributed by atoms with E-state index in [-0.39, 0.29) is 5.06 Å². The van der Waals surface area contributed by atoms with Gasteiger partial charge in [0.1, 0.15) is 5.60 Å². The van der Waals surface area contributed by atoms with E-state index in [1.54, 1.807) is 12.1 Å². The molecular weight excluding hydrogens is 214 g/mol. The number of hydrogen-bond acceptors (Lipinski definition) is 4. The standard InChI is InChI=1S/C10H15NO3S/c1-10(2,3)14-9(13)11-6-7-4-5-8(12)15-7/h4-5,12H,6H2,1-3H3,(H,11,13). The molecule has 0 fully saturated rings. The molecular formula is C10H15NO3S. The summed E-state index contributed by atoms with van der Waals surface area (Å²) in [5.74, 6) is 0. The van der Waals surface area contributed by atoms with Crippen LogP contribution in [-0.4, -0.2) is 16.8 Å². The Morgan fingerprint density at radius 1 is 1.53 bits per heavy atom. The molecule has 2 N–H and O–H groups in total. The summed E-state index contributed by atoms with van der Waals surface area (Å²) in [6.45, 7) is 5.80. The number of nitrogens with one attached hydrogen (secondary N) is 1. The fraction of sp³-hybridized carbons (Fsp3) is 0.500. The first-order valence-corrected chi connectivity index (χ1v) is 5.43. The van der Waals surface area contributed by atoms with Crippen LogP contribution in [0.2, 0.25) is 0 Å². The molecule has 0 atom stereocenters. The van der Waals surface area contributed by atoms with E-state index in [9.17, 15) is 4.79 Å². The first-order chi connectivity index (χ1) is 6.87. The minimum Gasteiger partial charge on any atom is -0.499 e. The second-order valence-corrected chi connectivity index (χ2v) is 5.24. The highest BCUT2D eigenvalue weighted by molar-refractivity contribution is 7.13. The molecule has 1 amide bonds. The van der Waals surface area contributed by atoms with Gasteiger partial charge < -0.3 is 15.2 Å². The normalized spacial score (nSPS) is 11.1. The lowest BCUT2D eigenvalue weighted by molar-refractivity contribution is 0.0524. The SMILES string of the molecule is CC(C)(C)OC(=O)NCc1ccc(O)s1. The summed E-state index contributed by atoms with van der Waals surface area (Å²) in [5.41, 5.74) is -0.484. The van der Waals surface area contributed by atoms with Gasteiger partial charge in [0.05, 0.1) is 6.54 Å². The van der Waals surface area contributed by atoms with Crippen molar-refractivity contribution in [2.75, 3.05) is 0 Å². The molecule has 0 spiro atoms. The highest BCUT2D eigenvalue weighted by atomic mass is 32.1. The molecule has 0 radical (unpaired) electrons. The Bertz CT molecular complexity index is 341. The van der Waals surface area contributed by atoms with Gasteiger partial charge in [0.2, 0.25) is 0 Å². The third kappa shape index (κ3) is 4.69. The van der Waals surface area contributed by atoms with Crippen LogP contribution in [0.5, 0.6) is 5.06 Å². The van der Waals surface area contributed by atoms with Crippen molar-refractivity contribution in [2.45, 2.75) is 32.9 Å². The van der Waals surface area contributed by atoms with Crippen LogP contribution < -0.4 is 5.32 Å². The monoisotopic (exact) mass is 229 g/mol. The van der Waals surface area contributed by atoms with Crippen LogP contribution in [0.3, 0.4) is 0 Å². The molecule has 4 nitrogen and oxygen atoms in total. The van der Waals surface area contributed by atoms with E-state index in [0.717, 1.165) is 4.88 Å². The molecule has 0 aliphatic rings. The van der Waals surface area contributed by atoms with Crippen molar-refractivity contribution in [1.82, 2.24) is 5.32 Å². The van der Waals surface area contributed by atoms with Gasteiger partial charge in [-0.15, -0.1) is 11.3 Å². The molecule has 1 aromatic rings. The zero-order valence-corrected chi connectivity index (χ0v) is 9.85. The molecule has 1 aromatic heterocycles. The Labute approximate surface area is 92.9 Å². The molecule has 0 aromatic carbocycles. The summed E-state index contributed by atoms with van der Waals surface area (Å²) in [7, 11) is 0. The molecule has 1 heterocycles. The number of rotatable bonds is 2. The summed E-state index contributed by atoms with van der Waals surface area (Å²) in [5, 5.41) is 11.9. The highest BCUT2D eigenvalue weighted by Gasteiger charge is 2.15. The van der Waals surface area contributed by atoms with Gasteiger partial charge in [-0.05, 0) is 32.9 Å². The van der Waals surface area contributed by atoms with Crippen molar-refractivity contribution in [1.29, 1.82) is 0 Å². The Hall–Kier alpha value is -1.23. The van der Waals surface area contributed by atoms with Crippen LogP contribution in [0.4, 0.5) is 4.79 Å². The third-order valence-corrected chi connectivity index (χ3v) is 2.34. The predicted octanol–water partition coefficient (Wildman–Crippen LogP) is 2.48. The highest BCUT2D eigenvalue weighted by Crippen LogP contribution is 2.22. The van der Waals surface area contributed by atoms with E-state index in [0.29, 0.717) is 6.54 Å². The van der Waals surface area contributed by atoms with E-state index in [2.05, 4.69) is 5.32 Å². The zero-order chi connectivity index (χ0) is 11.5. The van der Waals surface area contributed by atoms with Crippen molar-refractivity contribution >= 4 is 17.4 Å². The summed E-state index contributed by atoms with van der Waals surface area (Å²) in [4.78, 5) is 12.1. The average molecular weight is 229 g/mol. The zero-order valence-electron chi connectivity index (χ0n) is 9.03. The maximum Gasteiger partial charge on any atom is 0.407 e. The first-order valence-electron chi connectivity index (χ1n) is 4.61. The molecule has 0 aliphatic heterocycles. The minimum atomic E-state index is -0.484. The summed E-state index contributed by atoms with van der Waals surface area (Å²) >= 11 is 1.23. The lowest BCUT2D eigenvalue weighted by atomic mass is 10.2. The first kappa shape index (κ1) is 11.8. The van der Waals surface area contributed by atoms with Gasteiger partial charge in [-0.1, -0.05) is 0 Å². The van der Waals surface area contributed by atoms with E-state index in [4.69, 9.17) is 9.84 Å². The second kappa shape index (κ2) is 4.53. The van der Waals surface area contributed by atoms with Crippen molar-refractivity contribution < 1.29 is 14.6 Å². The number of aromatic hydroxyl groups is 1. The van der Waals surface area contributed by atoms with Crippen LogP contribution in [0.25, 0.3) is 0 Å². The van der Waals surface area contributed by atoms with Gasteiger partial charge >= 0.3 is 6.09 Å². The maximum atomic E-state index is 11.2. The van der Waals surface area contributed by atoms with E-state index in [1.165, 1.54) is 11.3 Å². The molecule has 0 saturated heterocycles. The maximum absolute atomic E-state index is 11.2. The number of carbonyl (C=O) groups is 1. The topological polar surface area (TPSA) is 58.6 Å². The number of carbonyl (C=O) groups excluding carboxylic acids is 1. The molecule has 1 rings (SSSR count). The third-order valence-electron chi connectivity index (χ3n) is 1.45. The average Bonchev–Trinajstić information content (AvgIpc) is 2.45. The largest absolute Gasteiger partial charge is 0.499 e.